The highest BCUT2D eigenvalue weighted by molar-refractivity contribution is 6.18. The topological polar surface area (TPSA) is 111 Å². The minimum Gasteiger partial charge on any atom is -0.478 e. The van der Waals surface area contributed by atoms with E-state index in [1.165, 1.54) is 0 Å². The fraction of sp³-hybridized carbons (Fsp3) is 0.300. The summed E-state index contributed by atoms with van der Waals surface area (Å²) in [4.78, 5) is 36.4. The van der Waals surface area contributed by atoms with Gasteiger partial charge < -0.3 is 20.0 Å². The molecular formula is C20H21N5O4. The molecule has 0 bridgehead atoms. The minimum absolute atomic E-state index is 0.108. The van der Waals surface area contributed by atoms with Crippen LogP contribution in [0.2, 0.25) is 0 Å². The maximum Gasteiger partial charge on any atom is 0.338 e. The van der Waals surface area contributed by atoms with Gasteiger partial charge in [-0.15, -0.1) is 0 Å². The Morgan fingerprint density at radius 1 is 1.10 bits per heavy atom. The summed E-state index contributed by atoms with van der Waals surface area (Å²) in [5, 5.41) is 18.5. The van der Waals surface area contributed by atoms with Gasteiger partial charge >= 0.3 is 11.9 Å². The number of para-hydroxylation sites is 1. The molecule has 0 unspecified atom stereocenters. The van der Waals surface area contributed by atoms with Crippen molar-refractivity contribution in [3.05, 3.63) is 53.6 Å². The van der Waals surface area contributed by atoms with E-state index < -0.39 is 11.9 Å². The predicted octanol–water partition coefficient (Wildman–Crippen LogP) is 1.12. The van der Waals surface area contributed by atoms with Crippen LogP contribution in [0.4, 0.5) is 5.69 Å². The van der Waals surface area contributed by atoms with E-state index in [0.29, 0.717) is 24.3 Å². The number of aromatic nitrogens is 2. The smallest absolute Gasteiger partial charge is 0.338 e. The fourth-order valence-corrected chi connectivity index (χ4v) is 3.55. The van der Waals surface area contributed by atoms with Gasteiger partial charge in [0.2, 0.25) is 5.96 Å². The van der Waals surface area contributed by atoms with Gasteiger partial charge in [0, 0.05) is 44.9 Å². The highest BCUT2D eigenvalue weighted by Gasteiger charge is 2.27. The molecule has 9 heteroatoms. The number of rotatable bonds is 3. The fourth-order valence-electron chi connectivity index (χ4n) is 3.55. The molecule has 2 aliphatic heterocycles. The molecule has 150 valence electrons. The van der Waals surface area contributed by atoms with Crippen molar-refractivity contribution < 1.29 is 19.8 Å². The molecule has 2 N–H and O–H groups in total. The van der Waals surface area contributed by atoms with Gasteiger partial charge in [-0.05, 0) is 18.7 Å². The summed E-state index contributed by atoms with van der Waals surface area (Å²) < 4.78 is 1.79. The summed E-state index contributed by atoms with van der Waals surface area (Å²) >= 11 is 0. The molecule has 0 radical (unpaired) electrons. The Hall–Kier alpha value is -3.46. The highest BCUT2D eigenvalue weighted by Crippen LogP contribution is 2.28. The van der Waals surface area contributed by atoms with Crippen LogP contribution < -0.4 is 0 Å². The summed E-state index contributed by atoms with van der Waals surface area (Å²) in [5.74, 6) is -1.36. The van der Waals surface area contributed by atoms with Crippen LogP contribution in [-0.2, 0) is 16.0 Å². The molecule has 0 atom stereocenters. The van der Waals surface area contributed by atoms with Crippen molar-refractivity contribution in [2.75, 3.05) is 33.2 Å². The molecule has 1 fully saturated rings. The van der Waals surface area contributed by atoms with E-state index in [1.807, 2.05) is 24.3 Å². The predicted molar refractivity (Wildman–Crippen MR) is 106 cm³/mol. The van der Waals surface area contributed by atoms with E-state index in [4.69, 9.17) is 10.1 Å². The van der Waals surface area contributed by atoms with Crippen molar-refractivity contribution in [3.63, 3.8) is 0 Å². The first kappa shape index (κ1) is 18.9. The number of carboxylic acids is 2. The van der Waals surface area contributed by atoms with E-state index in [0.717, 1.165) is 37.4 Å². The average molecular weight is 395 g/mol. The van der Waals surface area contributed by atoms with Crippen molar-refractivity contribution in [1.82, 2.24) is 19.4 Å². The van der Waals surface area contributed by atoms with Crippen LogP contribution in [0.5, 0.6) is 0 Å². The van der Waals surface area contributed by atoms with Gasteiger partial charge in [0.1, 0.15) is 5.82 Å². The van der Waals surface area contributed by atoms with Gasteiger partial charge in [0.15, 0.2) is 0 Å². The van der Waals surface area contributed by atoms with Gasteiger partial charge in [-0.2, -0.15) is 0 Å². The van der Waals surface area contributed by atoms with Gasteiger partial charge in [0.05, 0.1) is 17.0 Å². The van der Waals surface area contributed by atoms with Crippen molar-refractivity contribution in [3.8, 4) is 0 Å². The maximum atomic E-state index is 11.6. The molecule has 2 aliphatic rings. The average Bonchev–Trinajstić information content (AvgIpc) is 3.02. The lowest BCUT2D eigenvalue weighted by atomic mass is 10.1. The number of carboxylic acid groups (broad SMARTS) is 2. The first-order valence-electron chi connectivity index (χ1n) is 9.29. The third-order valence-electron chi connectivity index (χ3n) is 5.12. The summed E-state index contributed by atoms with van der Waals surface area (Å²) in [6.45, 7) is 3.33. The van der Waals surface area contributed by atoms with Crippen molar-refractivity contribution >= 4 is 29.2 Å². The third kappa shape index (κ3) is 3.77. The number of carbonyl (C=O) groups is 2. The van der Waals surface area contributed by atoms with Crippen LogP contribution in [0.15, 0.2) is 41.5 Å². The van der Waals surface area contributed by atoms with Crippen LogP contribution in [0, 0.1) is 0 Å². The first-order chi connectivity index (χ1) is 13.9. The lowest BCUT2D eigenvalue weighted by Crippen LogP contribution is -2.49. The lowest BCUT2D eigenvalue weighted by molar-refractivity contribution is -0.133. The summed E-state index contributed by atoms with van der Waals surface area (Å²) in [6, 6.07) is 7.78. The third-order valence-corrected chi connectivity index (χ3v) is 5.12. The van der Waals surface area contributed by atoms with Gasteiger partial charge in [0.25, 0.3) is 0 Å². The van der Waals surface area contributed by atoms with Crippen molar-refractivity contribution in [2.24, 2.45) is 4.99 Å². The number of hydrogen-bond acceptors (Lipinski definition) is 6. The van der Waals surface area contributed by atoms with Crippen molar-refractivity contribution in [2.45, 2.75) is 6.42 Å². The lowest BCUT2D eigenvalue weighted by Gasteiger charge is -2.34. The van der Waals surface area contributed by atoms with Crippen LogP contribution >= 0.6 is 0 Å². The SMILES string of the molecule is CN1CCN(C2=Nc3ccccc3Cc3nc(C(=CC(=O)O)C(=O)O)cn32)CC1. The Kier molecular flexibility index (Phi) is 4.89. The molecule has 2 aromatic rings. The quantitative estimate of drug-likeness (QED) is 0.749. The molecule has 1 aromatic heterocycles. The Morgan fingerprint density at radius 2 is 1.83 bits per heavy atom. The number of imidazole rings is 1. The van der Waals surface area contributed by atoms with E-state index in [1.54, 1.807) is 10.8 Å². The largest absolute Gasteiger partial charge is 0.478 e. The number of nitrogens with zero attached hydrogens (tertiary/aromatic N) is 5. The number of aliphatic carboxylic acids is 2. The van der Waals surface area contributed by atoms with E-state index >= 15 is 0 Å². The Morgan fingerprint density at radius 3 is 2.52 bits per heavy atom. The van der Waals surface area contributed by atoms with Crippen molar-refractivity contribution in [1.29, 1.82) is 0 Å². The normalized spacial score (nSPS) is 17.2. The van der Waals surface area contributed by atoms with Gasteiger partial charge in [-0.3, -0.25) is 4.57 Å². The minimum atomic E-state index is -1.33. The molecule has 0 amide bonds. The molecule has 9 nitrogen and oxygen atoms in total. The molecule has 1 saturated heterocycles. The zero-order valence-electron chi connectivity index (χ0n) is 15.9. The van der Waals surface area contributed by atoms with E-state index in [-0.39, 0.29) is 11.3 Å². The summed E-state index contributed by atoms with van der Waals surface area (Å²) in [7, 11) is 2.07. The molecule has 1 aromatic carbocycles. The Labute approximate surface area is 167 Å². The summed E-state index contributed by atoms with van der Waals surface area (Å²) in [6.07, 6.45) is 2.71. The molecule has 3 heterocycles. The van der Waals surface area contributed by atoms with E-state index in [2.05, 4.69) is 21.8 Å². The Bertz CT molecular complexity index is 1030. The number of fused-ring (bicyclic) bond motifs is 2. The monoisotopic (exact) mass is 395 g/mol. The van der Waals surface area contributed by atoms with Crippen LogP contribution in [0.1, 0.15) is 17.1 Å². The molecule has 0 saturated carbocycles. The highest BCUT2D eigenvalue weighted by atomic mass is 16.4. The molecule has 29 heavy (non-hydrogen) atoms. The molecule has 4 rings (SSSR count). The van der Waals surface area contributed by atoms with Gasteiger partial charge in [-0.1, -0.05) is 18.2 Å². The second-order valence-corrected chi connectivity index (χ2v) is 7.12. The zero-order valence-corrected chi connectivity index (χ0v) is 15.9. The maximum absolute atomic E-state index is 11.6. The van der Waals surface area contributed by atoms with Crippen LogP contribution in [0.3, 0.4) is 0 Å². The molecule has 0 aliphatic carbocycles. The second kappa shape index (κ2) is 7.51. The molecular weight excluding hydrogens is 374 g/mol. The zero-order chi connectivity index (χ0) is 20.5. The first-order valence-corrected chi connectivity index (χ1v) is 9.29. The van der Waals surface area contributed by atoms with Crippen LogP contribution in [0.25, 0.3) is 5.57 Å². The number of aliphatic imine (C=N–C) groups is 1. The number of hydrogen-bond donors (Lipinski definition) is 2. The summed E-state index contributed by atoms with van der Waals surface area (Å²) in [5.41, 5.74) is 1.59. The second-order valence-electron chi connectivity index (χ2n) is 7.12. The van der Waals surface area contributed by atoms with Gasteiger partial charge in [-0.25, -0.2) is 19.6 Å². The standard InChI is InChI=1S/C20H21N5O4/c1-23-6-8-24(9-7-23)20-22-15-5-3-2-4-13(15)10-17-21-16(12-25(17)20)14(19(28)29)11-18(26)27/h2-5,11-12H,6-10H2,1H3,(H,26,27)(H,28,29). The van der Waals surface area contributed by atoms with Crippen LogP contribution in [-0.4, -0.2) is 80.7 Å². The number of benzene rings is 1. The Balaban J connectivity index is 1.83. The number of likely N-dealkylation sites (N-methyl/N-ethyl adjacent to an activating group) is 1. The molecule has 0 spiro atoms. The van der Waals surface area contributed by atoms with E-state index in [9.17, 15) is 14.7 Å². The number of piperazine rings is 1.